The van der Waals surface area contributed by atoms with Crippen LogP contribution in [-0.2, 0) is 19.1 Å². The Kier molecular flexibility index (Phi) is 7.46. The molecule has 0 fully saturated rings. The summed E-state index contributed by atoms with van der Waals surface area (Å²) in [7, 11) is 0. The quantitative estimate of drug-likeness (QED) is 0.459. The third-order valence-corrected chi connectivity index (χ3v) is 5.56. The van der Waals surface area contributed by atoms with Gasteiger partial charge in [0.15, 0.2) is 0 Å². The first-order valence-corrected chi connectivity index (χ1v) is 10.8. The molecule has 0 spiro atoms. The van der Waals surface area contributed by atoms with Crippen molar-refractivity contribution in [3.63, 3.8) is 0 Å². The number of benzene rings is 2. The van der Waals surface area contributed by atoms with Gasteiger partial charge >= 0.3 is 12.1 Å². The lowest BCUT2D eigenvalue weighted by molar-refractivity contribution is -0.151. The highest BCUT2D eigenvalue weighted by atomic mass is 16.6. The maximum atomic E-state index is 12.6. The van der Waals surface area contributed by atoms with E-state index >= 15 is 0 Å². The van der Waals surface area contributed by atoms with Gasteiger partial charge in [-0.1, -0.05) is 75.0 Å². The highest BCUT2D eigenvalue weighted by Gasteiger charge is 2.31. The summed E-state index contributed by atoms with van der Waals surface area (Å²) in [6.07, 6.45) is 0.0319. The molecular weight excluding hydrogens is 406 g/mol. The SMILES string of the molecule is C=C[C@H](CC(C)=O)OC(=O)[C@@H](NC(=O)OCC1c2ccccc2-c2ccccc21)C(C)C. The largest absolute Gasteiger partial charge is 0.456 e. The predicted molar refractivity (Wildman–Crippen MR) is 122 cm³/mol. The van der Waals surface area contributed by atoms with Crippen LogP contribution in [-0.4, -0.2) is 36.6 Å². The minimum atomic E-state index is -0.903. The molecule has 32 heavy (non-hydrogen) atoms. The molecule has 2 atom stereocenters. The van der Waals surface area contributed by atoms with Crippen molar-refractivity contribution < 1.29 is 23.9 Å². The smallest absolute Gasteiger partial charge is 0.407 e. The fraction of sp³-hybridized carbons (Fsp3) is 0.346. The summed E-state index contributed by atoms with van der Waals surface area (Å²) < 4.78 is 10.9. The van der Waals surface area contributed by atoms with E-state index in [1.807, 2.05) is 36.4 Å². The molecule has 0 aliphatic heterocycles. The van der Waals surface area contributed by atoms with E-state index in [9.17, 15) is 14.4 Å². The lowest BCUT2D eigenvalue weighted by Crippen LogP contribution is -2.46. The van der Waals surface area contributed by atoms with Crippen LogP contribution in [0.4, 0.5) is 4.79 Å². The van der Waals surface area contributed by atoms with Gasteiger partial charge in [-0.2, -0.15) is 0 Å². The Labute approximate surface area is 188 Å². The molecule has 6 heteroatoms. The Balaban J connectivity index is 1.65. The van der Waals surface area contributed by atoms with Crippen LogP contribution in [0.3, 0.4) is 0 Å². The maximum Gasteiger partial charge on any atom is 0.407 e. The second kappa shape index (κ2) is 10.3. The van der Waals surface area contributed by atoms with Crippen molar-refractivity contribution in [2.75, 3.05) is 6.61 Å². The summed E-state index contributed by atoms with van der Waals surface area (Å²) in [4.78, 5) is 36.5. The lowest BCUT2D eigenvalue weighted by Gasteiger charge is -2.23. The van der Waals surface area contributed by atoms with Crippen LogP contribution in [0.5, 0.6) is 0 Å². The Bertz CT molecular complexity index is 967. The van der Waals surface area contributed by atoms with Gasteiger partial charge in [-0.15, -0.1) is 0 Å². The average molecular weight is 436 g/mol. The van der Waals surface area contributed by atoms with Crippen molar-refractivity contribution in [3.05, 3.63) is 72.3 Å². The number of ether oxygens (including phenoxy) is 2. The number of esters is 1. The zero-order valence-electron chi connectivity index (χ0n) is 18.7. The summed E-state index contributed by atoms with van der Waals surface area (Å²) in [5.74, 6) is -1.04. The highest BCUT2D eigenvalue weighted by molar-refractivity contribution is 5.83. The van der Waals surface area contributed by atoms with Gasteiger partial charge in [0.2, 0.25) is 0 Å². The maximum absolute atomic E-state index is 12.6. The molecule has 1 aliphatic carbocycles. The molecule has 2 aromatic carbocycles. The van der Waals surface area contributed by atoms with Crippen molar-refractivity contribution >= 4 is 17.8 Å². The van der Waals surface area contributed by atoms with E-state index in [0.717, 1.165) is 22.3 Å². The Morgan fingerprint density at radius 3 is 2.09 bits per heavy atom. The molecule has 1 N–H and O–H groups in total. The van der Waals surface area contributed by atoms with Gasteiger partial charge in [0.05, 0.1) is 0 Å². The third-order valence-electron chi connectivity index (χ3n) is 5.56. The van der Waals surface area contributed by atoms with Gasteiger partial charge in [0, 0.05) is 12.3 Å². The van der Waals surface area contributed by atoms with Crippen molar-refractivity contribution in [2.45, 2.75) is 45.3 Å². The first-order chi connectivity index (χ1) is 15.3. The molecule has 0 radical (unpaired) electrons. The first-order valence-electron chi connectivity index (χ1n) is 10.8. The average Bonchev–Trinajstić information content (AvgIpc) is 3.08. The number of rotatable bonds is 9. The summed E-state index contributed by atoms with van der Waals surface area (Å²) in [5, 5.41) is 2.62. The Hall–Kier alpha value is -3.41. The number of carbonyl (C=O) groups is 3. The molecule has 168 valence electrons. The number of hydrogen-bond acceptors (Lipinski definition) is 5. The van der Waals surface area contributed by atoms with Gasteiger partial charge in [-0.05, 0) is 35.1 Å². The monoisotopic (exact) mass is 435 g/mol. The minimum Gasteiger partial charge on any atom is -0.456 e. The van der Waals surface area contributed by atoms with Gasteiger partial charge < -0.3 is 14.8 Å². The second-order valence-electron chi connectivity index (χ2n) is 8.31. The highest BCUT2D eigenvalue weighted by Crippen LogP contribution is 2.44. The first kappa shape index (κ1) is 23.3. The summed E-state index contributed by atoms with van der Waals surface area (Å²) in [5.41, 5.74) is 4.50. The molecule has 0 bridgehead atoms. The van der Waals surface area contributed by atoms with E-state index in [-0.39, 0.29) is 30.6 Å². The molecule has 6 nitrogen and oxygen atoms in total. The molecule has 0 saturated carbocycles. The number of nitrogens with one attached hydrogen (secondary N) is 1. The normalized spacial score (nSPS) is 14.1. The van der Waals surface area contributed by atoms with Crippen LogP contribution in [0, 0.1) is 5.92 Å². The molecule has 1 aliphatic rings. The fourth-order valence-electron chi connectivity index (χ4n) is 3.94. The zero-order chi connectivity index (χ0) is 23.3. The van der Waals surface area contributed by atoms with Crippen molar-refractivity contribution in [3.8, 4) is 11.1 Å². The number of carbonyl (C=O) groups excluding carboxylic acids is 3. The van der Waals surface area contributed by atoms with Crippen LogP contribution >= 0.6 is 0 Å². The molecule has 0 unspecified atom stereocenters. The molecule has 2 aromatic rings. The van der Waals surface area contributed by atoms with Gasteiger partial charge in [-0.25, -0.2) is 9.59 Å². The zero-order valence-corrected chi connectivity index (χ0v) is 18.7. The van der Waals surface area contributed by atoms with E-state index in [0.29, 0.717) is 0 Å². The number of fused-ring (bicyclic) bond motifs is 3. The predicted octanol–water partition coefficient (Wildman–Crippen LogP) is 4.63. The fourth-order valence-corrected chi connectivity index (χ4v) is 3.94. The third kappa shape index (κ3) is 5.25. The van der Waals surface area contributed by atoms with E-state index in [1.165, 1.54) is 13.0 Å². The molecule has 0 heterocycles. The van der Waals surface area contributed by atoms with Crippen LogP contribution in [0.25, 0.3) is 11.1 Å². The van der Waals surface area contributed by atoms with E-state index < -0.39 is 24.2 Å². The van der Waals surface area contributed by atoms with Crippen molar-refractivity contribution in [1.82, 2.24) is 5.32 Å². The summed E-state index contributed by atoms with van der Waals surface area (Å²) in [6, 6.07) is 15.2. The van der Waals surface area contributed by atoms with Crippen LogP contribution in [0.15, 0.2) is 61.2 Å². The molecule has 3 rings (SSSR count). The molecular formula is C26H29NO5. The van der Waals surface area contributed by atoms with Crippen LogP contribution < -0.4 is 5.32 Å². The van der Waals surface area contributed by atoms with Crippen molar-refractivity contribution in [2.24, 2.45) is 5.92 Å². The summed E-state index contributed by atoms with van der Waals surface area (Å²) >= 11 is 0. The van der Waals surface area contributed by atoms with Gasteiger partial charge in [0.1, 0.15) is 24.5 Å². The summed E-state index contributed by atoms with van der Waals surface area (Å²) in [6.45, 7) is 8.76. The Morgan fingerprint density at radius 2 is 1.59 bits per heavy atom. The number of alkyl carbamates (subject to hydrolysis) is 1. The number of Topliss-reactive ketones (excluding diaryl/α,β-unsaturated/α-hetero) is 1. The second-order valence-corrected chi connectivity index (χ2v) is 8.31. The topological polar surface area (TPSA) is 81.7 Å². The van der Waals surface area contributed by atoms with E-state index in [4.69, 9.17) is 9.47 Å². The lowest BCUT2D eigenvalue weighted by atomic mass is 9.98. The van der Waals surface area contributed by atoms with E-state index in [2.05, 4.69) is 24.0 Å². The number of hydrogen-bond donors (Lipinski definition) is 1. The molecule has 0 aromatic heterocycles. The Morgan fingerprint density at radius 1 is 1.03 bits per heavy atom. The van der Waals surface area contributed by atoms with Gasteiger partial charge in [0.25, 0.3) is 0 Å². The minimum absolute atomic E-state index is 0.0466. The van der Waals surface area contributed by atoms with Crippen LogP contribution in [0.2, 0.25) is 0 Å². The molecule has 1 amide bonds. The van der Waals surface area contributed by atoms with Gasteiger partial charge in [-0.3, -0.25) is 4.79 Å². The standard InChI is InChI=1S/C26H29NO5/c1-5-18(14-17(4)28)32-25(29)24(16(2)3)27-26(30)31-15-23-21-12-8-6-10-19(21)20-11-7-9-13-22(20)23/h5-13,16,18,23-24H,1,14-15H2,2-4H3,(H,27,30)/t18-,24+/m1/s1. The number of amides is 1. The van der Waals surface area contributed by atoms with E-state index in [1.54, 1.807) is 13.8 Å². The number of ketones is 1. The van der Waals surface area contributed by atoms with Crippen molar-refractivity contribution in [1.29, 1.82) is 0 Å². The molecule has 0 saturated heterocycles. The van der Waals surface area contributed by atoms with Crippen LogP contribution in [0.1, 0.15) is 44.2 Å².